The van der Waals surface area contributed by atoms with Gasteiger partial charge in [-0.1, -0.05) is 6.58 Å². The minimum absolute atomic E-state index is 0.0143. The first-order valence-corrected chi connectivity index (χ1v) is 8.22. The predicted molar refractivity (Wildman–Crippen MR) is 82.4 cm³/mol. The number of carbonyl (C=O) groups excluding carboxylic acids is 1. The van der Waals surface area contributed by atoms with Crippen LogP contribution in [0.4, 0.5) is 5.95 Å². The molecule has 0 saturated heterocycles. The number of Topliss-reactive ketones (excluding diaryl/α,β-unsaturated/α-hetero) is 1. The zero-order valence-electron chi connectivity index (χ0n) is 12.4. The molecule has 0 radical (unpaired) electrons. The van der Waals surface area contributed by atoms with Crippen LogP contribution in [-0.2, 0) is 14.8 Å². The minimum Gasteiger partial charge on any atom is -0.324 e. The molecule has 0 aromatic carbocycles. The molecule has 7 heteroatoms. The fourth-order valence-corrected chi connectivity index (χ4v) is 3.07. The summed E-state index contributed by atoms with van der Waals surface area (Å²) in [5, 5.41) is 0.700. The molecule has 2 N–H and O–H groups in total. The molecule has 1 aliphatic rings. The third-order valence-electron chi connectivity index (χ3n) is 3.49. The minimum atomic E-state index is -3.35. The van der Waals surface area contributed by atoms with Crippen LogP contribution >= 0.6 is 0 Å². The number of nitrogens with one attached hydrogen (secondary N) is 2. The SMILES string of the molecule is C=c1[nH]c(NS(=O)(=O)C2CC2)n/c1=C/C(C)=C(/C)C(C)=O. The van der Waals surface area contributed by atoms with Crippen LogP contribution in [0.2, 0.25) is 0 Å². The summed E-state index contributed by atoms with van der Waals surface area (Å²) in [6, 6.07) is 0. The lowest BCUT2D eigenvalue weighted by Gasteiger charge is -2.01. The third kappa shape index (κ3) is 3.60. The van der Waals surface area contributed by atoms with E-state index < -0.39 is 10.0 Å². The van der Waals surface area contributed by atoms with Crippen molar-refractivity contribution in [1.29, 1.82) is 0 Å². The van der Waals surface area contributed by atoms with Gasteiger partial charge in [0, 0.05) is 0 Å². The van der Waals surface area contributed by atoms with Crippen LogP contribution in [0.1, 0.15) is 33.6 Å². The fourth-order valence-electron chi connectivity index (χ4n) is 1.78. The fraction of sp³-hybridized carbons (Fsp3) is 0.429. The van der Waals surface area contributed by atoms with Crippen LogP contribution in [0, 0.1) is 0 Å². The highest BCUT2D eigenvalue weighted by molar-refractivity contribution is 7.93. The molecule has 0 unspecified atom stereocenters. The molecule has 1 aromatic rings. The van der Waals surface area contributed by atoms with Gasteiger partial charge in [-0.2, -0.15) is 0 Å². The van der Waals surface area contributed by atoms with Gasteiger partial charge in [0.1, 0.15) is 0 Å². The Morgan fingerprint density at radius 1 is 1.38 bits per heavy atom. The largest absolute Gasteiger partial charge is 0.324 e. The van der Waals surface area contributed by atoms with E-state index in [1.54, 1.807) is 19.9 Å². The number of hydrogen-bond acceptors (Lipinski definition) is 4. The Morgan fingerprint density at radius 2 is 2.00 bits per heavy atom. The van der Waals surface area contributed by atoms with Crippen molar-refractivity contribution in [2.45, 2.75) is 38.9 Å². The van der Waals surface area contributed by atoms with Crippen molar-refractivity contribution in [3.63, 3.8) is 0 Å². The third-order valence-corrected chi connectivity index (χ3v) is 5.31. The van der Waals surface area contributed by atoms with Gasteiger partial charge in [0.2, 0.25) is 16.0 Å². The molecule has 2 rings (SSSR count). The van der Waals surface area contributed by atoms with Gasteiger partial charge in [-0.15, -0.1) is 0 Å². The number of imidazole rings is 1. The van der Waals surface area contributed by atoms with Crippen molar-refractivity contribution < 1.29 is 13.2 Å². The van der Waals surface area contributed by atoms with Gasteiger partial charge in [-0.05, 0) is 50.8 Å². The molecule has 1 aliphatic carbocycles. The highest BCUT2D eigenvalue weighted by Crippen LogP contribution is 2.28. The normalized spacial score (nSPS) is 17.6. The molecular formula is C14H19N3O3S. The van der Waals surface area contributed by atoms with Gasteiger partial charge < -0.3 is 4.98 Å². The summed E-state index contributed by atoms with van der Waals surface area (Å²) in [5.74, 6) is 0.144. The van der Waals surface area contributed by atoms with E-state index in [9.17, 15) is 13.2 Å². The average Bonchev–Trinajstić information content (AvgIpc) is 3.16. The van der Waals surface area contributed by atoms with Gasteiger partial charge in [0.25, 0.3) is 0 Å². The molecular weight excluding hydrogens is 290 g/mol. The smallest absolute Gasteiger partial charge is 0.237 e. The summed E-state index contributed by atoms with van der Waals surface area (Å²) in [6.07, 6.45) is 3.09. The number of sulfonamides is 1. The van der Waals surface area contributed by atoms with Crippen LogP contribution < -0.4 is 15.4 Å². The maximum atomic E-state index is 11.8. The number of allylic oxidation sites excluding steroid dienone is 2. The Kier molecular flexibility index (Phi) is 4.04. The Labute approximate surface area is 123 Å². The van der Waals surface area contributed by atoms with Gasteiger partial charge in [-0.25, -0.2) is 13.4 Å². The topological polar surface area (TPSA) is 91.9 Å². The van der Waals surface area contributed by atoms with Crippen molar-refractivity contribution in [3.8, 4) is 0 Å². The van der Waals surface area contributed by atoms with E-state index in [1.165, 1.54) is 6.92 Å². The van der Waals surface area contributed by atoms with E-state index in [-0.39, 0.29) is 17.0 Å². The molecule has 6 nitrogen and oxygen atoms in total. The van der Waals surface area contributed by atoms with Crippen LogP contribution in [0.15, 0.2) is 11.1 Å². The Hall–Kier alpha value is -1.89. The molecule has 0 aliphatic heterocycles. The second kappa shape index (κ2) is 5.48. The molecule has 21 heavy (non-hydrogen) atoms. The van der Waals surface area contributed by atoms with Crippen molar-refractivity contribution >= 4 is 34.4 Å². The first-order valence-electron chi connectivity index (χ1n) is 6.67. The van der Waals surface area contributed by atoms with Gasteiger partial charge in [0.15, 0.2) is 5.78 Å². The van der Waals surface area contributed by atoms with Gasteiger partial charge in [0.05, 0.1) is 15.9 Å². The second-order valence-corrected chi connectivity index (χ2v) is 7.26. The van der Waals surface area contributed by atoms with Gasteiger partial charge in [-0.3, -0.25) is 9.52 Å². The van der Waals surface area contributed by atoms with Crippen molar-refractivity contribution in [2.24, 2.45) is 0 Å². The van der Waals surface area contributed by atoms with Crippen LogP contribution in [0.5, 0.6) is 0 Å². The predicted octanol–water partition coefficient (Wildman–Crippen LogP) is 0.430. The molecule has 0 atom stereocenters. The number of H-pyrrole nitrogens is 1. The Balaban J connectivity index is 2.34. The Morgan fingerprint density at radius 3 is 2.52 bits per heavy atom. The lowest BCUT2D eigenvalue weighted by Crippen LogP contribution is -2.22. The number of aromatic amines is 1. The quantitative estimate of drug-likeness (QED) is 0.772. The monoisotopic (exact) mass is 309 g/mol. The molecule has 1 heterocycles. The number of aromatic nitrogens is 2. The van der Waals surface area contributed by atoms with E-state index in [2.05, 4.69) is 21.3 Å². The maximum absolute atomic E-state index is 11.8. The molecule has 114 valence electrons. The van der Waals surface area contributed by atoms with Crippen molar-refractivity contribution in [2.75, 3.05) is 4.72 Å². The number of ketones is 1. The summed E-state index contributed by atoms with van der Waals surface area (Å²) >= 11 is 0. The van der Waals surface area contributed by atoms with E-state index in [4.69, 9.17) is 0 Å². The molecule has 1 aromatic heterocycles. The van der Waals surface area contributed by atoms with E-state index in [0.29, 0.717) is 29.1 Å². The maximum Gasteiger partial charge on any atom is 0.237 e. The summed E-state index contributed by atoms with van der Waals surface area (Å²) in [5.41, 5.74) is 1.41. The Bertz CT molecular complexity index is 814. The van der Waals surface area contributed by atoms with Crippen LogP contribution in [0.25, 0.3) is 12.7 Å². The van der Waals surface area contributed by atoms with Crippen molar-refractivity contribution in [1.82, 2.24) is 9.97 Å². The zero-order valence-corrected chi connectivity index (χ0v) is 13.2. The summed E-state index contributed by atoms with van der Waals surface area (Å²) in [4.78, 5) is 18.3. The molecule has 0 bridgehead atoms. The average molecular weight is 309 g/mol. The highest BCUT2D eigenvalue weighted by atomic mass is 32.2. The summed E-state index contributed by atoms with van der Waals surface area (Å²) in [7, 11) is -3.35. The number of anilines is 1. The molecule has 0 amide bonds. The first-order chi connectivity index (χ1) is 9.70. The van der Waals surface area contributed by atoms with E-state index in [0.717, 1.165) is 5.57 Å². The molecule has 0 spiro atoms. The van der Waals surface area contributed by atoms with Crippen LogP contribution in [0.3, 0.4) is 0 Å². The highest BCUT2D eigenvalue weighted by Gasteiger charge is 2.36. The first kappa shape index (κ1) is 15.5. The molecule has 1 fully saturated rings. The number of hydrogen-bond donors (Lipinski definition) is 2. The summed E-state index contributed by atoms with van der Waals surface area (Å²) < 4.78 is 26.1. The summed E-state index contributed by atoms with van der Waals surface area (Å²) in [6.45, 7) is 8.84. The van der Waals surface area contributed by atoms with Crippen molar-refractivity contribution in [3.05, 3.63) is 21.8 Å². The standard InChI is InChI=1S/C14H19N3O3S/c1-8(9(2)11(4)18)7-13-10(3)15-14(16-13)17-21(19,20)12-5-6-12/h7,12H,3,5-6H2,1-2,4H3,(H2,15,16,17)/b9-8-,13-7+. The lowest BCUT2D eigenvalue weighted by atomic mass is 10.1. The van der Waals surface area contributed by atoms with Gasteiger partial charge >= 0.3 is 0 Å². The van der Waals surface area contributed by atoms with Crippen LogP contribution in [-0.4, -0.2) is 29.4 Å². The van der Waals surface area contributed by atoms with E-state index in [1.807, 2.05) is 0 Å². The molecule has 1 saturated carbocycles. The van der Waals surface area contributed by atoms with E-state index >= 15 is 0 Å². The second-order valence-electron chi connectivity index (χ2n) is 5.30. The number of nitrogens with zero attached hydrogens (tertiary/aromatic N) is 1. The lowest BCUT2D eigenvalue weighted by molar-refractivity contribution is -0.113. The number of carbonyl (C=O) groups is 1. The zero-order chi connectivity index (χ0) is 15.8. The number of rotatable bonds is 5.